The van der Waals surface area contributed by atoms with Gasteiger partial charge in [-0.3, -0.25) is 9.78 Å². The van der Waals surface area contributed by atoms with Crippen LogP contribution in [0.3, 0.4) is 0 Å². The maximum absolute atomic E-state index is 12.5. The van der Waals surface area contributed by atoms with Crippen LogP contribution >= 0.6 is 0 Å². The van der Waals surface area contributed by atoms with E-state index in [1.54, 1.807) is 0 Å². The molecular formula is C9H10FNO3. The van der Waals surface area contributed by atoms with Gasteiger partial charge in [0.15, 0.2) is 0 Å². The van der Waals surface area contributed by atoms with Crippen LogP contribution in [0.1, 0.15) is 19.0 Å². The van der Waals surface area contributed by atoms with Gasteiger partial charge in [0.25, 0.3) is 0 Å². The molecule has 0 fully saturated rings. The van der Waals surface area contributed by atoms with E-state index in [2.05, 4.69) is 4.98 Å². The summed E-state index contributed by atoms with van der Waals surface area (Å²) in [6.07, 6.45) is 0.470. The zero-order valence-electron chi connectivity index (χ0n) is 7.57. The van der Waals surface area contributed by atoms with Gasteiger partial charge in [-0.05, 0) is 19.1 Å². The van der Waals surface area contributed by atoms with Crippen molar-refractivity contribution < 1.29 is 19.4 Å². The molecule has 1 aromatic heterocycles. The summed E-state index contributed by atoms with van der Waals surface area (Å²) in [4.78, 5) is 14.0. The number of carboxylic acids is 1. The second kappa shape index (κ2) is 3.71. The zero-order chi connectivity index (χ0) is 10.8. The van der Waals surface area contributed by atoms with Crippen LogP contribution in [-0.2, 0) is 10.4 Å². The smallest absolute Gasteiger partial charge is 0.306 e. The molecule has 0 spiro atoms. The third-order valence-corrected chi connectivity index (χ3v) is 1.77. The van der Waals surface area contributed by atoms with Crippen LogP contribution in [0.5, 0.6) is 0 Å². The molecule has 2 N–H and O–H groups in total. The van der Waals surface area contributed by atoms with Gasteiger partial charge >= 0.3 is 5.97 Å². The molecule has 0 amide bonds. The highest BCUT2D eigenvalue weighted by atomic mass is 19.1. The van der Waals surface area contributed by atoms with Crippen molar-refractivity contribution >= 4 is 5.97 Å². The van der Waals surface area contributed by atoms with E-state index in [0.29, 0.717) is 0 Å². The van der Waals surface area contributed by atoms with Gasteiger partial charge in [-0.2, -0.15) is 0 Å². The van der Waals surface area contributed by atoms with E-state index in [9.17, 15) is 14.3 Å². The van der Waals surface area contributed by atoms with E-state index in [4.69, 9.17) is 5.11 Å². The van der Waals surface area contributed by atoms with Gasteiger partial charge in [0.05, 0.1) is 18.3 Å². The van der Waals surface area contributed by atoms with Crippen LogP contribution in [0.4, 0.5) is 4.39 Å². The quantitative estimate of drug-likeness (QED) is 0.758. The molecule has 0 saturated carbocycles. The minimum absolute atomic E-state index is 0.140. The Labute approximate surface area is 80.0 Å². The Morgan fingerprint density at radius 2 is 2.29 bits per heavy atom. The number of halogens is 1. The number of nitrogens with zero attached hydrogens (tertiary/aromatic N) is 1. The number of aromatic nitrogens is 1. The molecule has 0 aliphatic rings. The van der Waals surface area contributed by atoms with E-state index in [1.807, 2.05) is 0 Å². The number of hydrogen-bond donors (Lipinski definition) is 2. The van der Waals surface area contributed by atoms with Crippen LogP contribution in [0, 0.1) is 5.82 Å². The van der Waals surface area contributed by atoms with Crippen LogP contribution in [0.15, 0.2) is 18.3 Å². The number of rotatable bonds is 3. The zero-order valence-corrected chi connectivity index (χ0v) is 7.57. The molecule has 0 bridgehead atoms. The van der Waals surface area contributed by atoms with Gasteiger partial charge in [-0.1, -0.05) is 0 Å². The Morgan fingerprint density at radius 3 is 2.71 bits per heavy atom. The number of carboxylic acid groups (broad SMARTS) is 1. The van der Waals surface area contributed by atoms with Crippen molar-refractivity contribution in [2.24, 2.45) is 0 Å². The second-order valence-electron chi connectivity index (χ2n) is 3.21. The normalized spacial score (nSPS) is 14.8. The first-order chi connectivity index (χ1) is 6.42. The lowest BCUT2D eigenvalue weighted by Crippen LogP contribution is -2.26. The number of pyridine rings is 1. The van der Waals surface area contributed by atoms with Gasteiger partial charge in [0, 0.05) is 0 Å². The Balaban J connectivity index is 2.91. The molecule has 0 aromatic carbocycles. The minimum Gasteiger partial charge on any atom is -0.481 e. The molecule has 0 radical (unpaired) electrons. The molecule has 0 aliphatic carbocycles. The monoisotopic (exact) mass is 199 g/mol. The summed E-state index contributed by atoms with van der Waals surface area (Å²) in [7, 11) is 0. The summed E-state index contributed by atoms with van der Waals surface area (Å²) < 4.78 is 12.5. The average molecular weight is 199 g/mol. The molecule has 1 rings (SSSR count). The largest absolute Gasteiger partial charge is 0.481 e. The Bertz CT molecular complexity index is 334. The fraction of sp³-hybridized carbons (Fsp3) is 0.333. The summed E-state index contributed by atoms with van der Waals surface area (Å²) >= 11 is 0. The second-order valence-corrected chi connectivity index (χ2v) is 3.21. The Morgan fingerprint density at radius 1 is 1.64 bits per heavy atom. The summed E-state index contributed by atoms with van der Waals surface area (Å²) in [5, 5.41) is 18.2. The predicted molar refractivity (Wildman–Crippen MR) is 46.0 cm³/mol. The minimum atomic E-state index is -1.57. The molecule has 1 heterocycles. The van der Waals surface area contributed by atoms with E-state index in [0.717, 1.165) is 12.3 Å². The highest BCUT2D eigenvalue weighted by molar-refractivity contribution is 5.68. The van der Waals surface area contributed by atoms with Crippen LogP contribution < -0.4 is 0 Å². The topological polar surface area (TPSA) is 70.4 Å². The van der Waals surface area contributed by atoms with Gasteiger partial charge in [0.2, 0.25) is 0 Å². The summed E-state index contributed by atoms with van der Waals surface area (Å²) in [5.41, 5.74) is -1.43. The fourth-order valence-corrected chi connectivity index (χ4v) is 1.08. The lowest BCUT2D eigenvalue weighted by Gasteiger charge is -2.19. The molecule has 1 aromatic rings. The van der Waals surface area contributed by atoms with Crippen molar-refractivity contribution in [3.05, 3.63) is 29.8 Å². The molecule has 5 heteroatoms. The number of aliphatic carboxylic acids is 1. The van der Waals surface area contributed by atoms with Crippen molar-refractivity contribution in [1.82, 2.24) is 4.98 Å². The van der Waals surface area contributed by atoms with Crippen LogP contribution in [0.25, 0.3) is 0 Å². The average Bonchev–Trinajstić information content (AvgIpc) is 2.02. The molecule has 4 nitrogen and oxygen atoms in total. The van der Waals surface area contributed by atoms with Crippen molar-refractivity contribution in [1.29, 1.82) is 0 Å². The number of carbonyl (C=O) groups is 1. The van der Waals surface area contributed by atoms with E-state index >= 15 is 0 Å². The van der Waals surface area contributed by atoms with Crippen molar-refractivity contribution in [3.8, 4) is 0 Å². The maximum Gasteiger partial charge on any atom is 0.306 e. The maximum atomic E-state index is 12.5. The Kier molecular flexibility index (Phi) is 2.81. The molecule has 1 unspecified atom stereocenters. The number of aliphatic hydroxyl groups is 1. The van der Waals surface area contributed by atoms with Crippen LogP contribution in [0.2, 0.25) is 0 Å². The lowest BCUT2D eigenvalue weighted by molar-refractivity contribution is -0.142. The van der Waals surface area contributed by atoms with E-state index in [1.165, 1.54) is 13.0 Å². The first-order valence-corrected chi connectivity index (χ1v) is 3.98. The fourth-order valence-electron chi connectivity index (χ4n) is 1.08. The van der Waals surface area contributed by atoms with Gasteiger partial charge in [-0.15, -0.1) is 0 Å². The molecule has 1 atom stereocenters. The van der Waals surface area contributed by atoms with Gasteiger partial charge < -0.3 is 10.2 Å². The SMILES string of the molecule is CC(O)(CC(=O)O)c1ccc(F)cn1. The third-order valence-electron chi connectivity index (χ3n) is 1.77. The summed E-state index contributed by atoms with van der Waals surface area (Å²) in [6.45, 7) is 1.32. The third kappa shape index (κ3) is 2.50. The van der Waals surface area contributed by atoms with Gasteiger partial charge in [-0.25, -0.2) is 4.39 Å². The van der Waals surface area contributed by atoms with Gasteiger partial charge in [0.1, 0.15) is 11.4 Å². The first-order valence-electron chi connectivity index (χ1n) is 3.98. The van der Waals surface area contributed by atoms with E-state index < -0.39 is 23.8 Å². The number of hydrogen-bond acceptors (Lipinski definition) is 3. The molecular weight excluding hydrogens is 189 g/mol. The van der Waals surface area contributed by atoms with E-state index in [-0.39, 0.29) is 5.69 Å². The summed E-state index contributed by atoms with van der Waals surface area (Å²) in [6, 6.07) is 2.39. The molecule has 76 valence electrons. The first kappa shape index (κ1) is 10.6. The van der Waals surface area contributed by atoms with Crippen molar-refractivity contribution in [3.63, 3.8) is 0 Å². The Hall–Kier alpha value is -1.49. The molecule has 0 aliphatic heterocycles. The molecule has 14 heavy (non-hydrogen) atoms. The lowest BCUT2D eigenvalue weighted by atomic mass is 9.98. The summed E-state index contributed by atoms with van der Waals surface area (Å²) in [5.74, 6) is -1.67. The van der Waals surface area contributed by atoms with Crippen molar-refractivity contribution in [2.75, 3.05) is 0 Å². The molecule has 0 saturated heterocycles. The van der Waals surface area contributed by atoms with Crippen molar-refractivity contribution in [2.45, 2.75) is 18.9 Å². The standard InChI is InChI=1S/C9H10FNO3/c1-9(14,4-8(12)13)7-3-2-6(10)5-11-7/h2-3,5,14H,4H2,1H3,(H,12,13). The highest BCUT2D eigenvalue weighted by Crippen LogP contribution is 2.22. The predicted octanol–water partition coefficient (Wildman–Crippen LogP) is 0.903. The highest BCUT2D eigenvalue weighted by Gasteiger charge is 2.27. The van der Waals surface area contributed by atoms with Crippen LogP contribution in [-0.4, -0.2) is 21.2 Å².